The lowest BCUT2D eigenvalue weighted by Gasteiger charge is -2.07. The summed E-state index contributed by atoms with van der Waals surface area (Å²) in [4.78, 5) is 15.7. The third-order valence-corrected chi connectivity index (χ3v) is 4.13. The Morgan fingerprint density at radius 3 is 2.77 bits per heavy atom. The van der Waals surface area contributed by atoms with Crippen molar-refractivity contribution in [1.29, 1.82) is 0 Å². The van der Waals surface area contributed by atoms with Crippen molar-refractivity contribution in [3.05, 3.63) is 53.2 Å². The van der Waals surface area contributed by atoms with Crippen LogP contribution in [-0.2, 0) is 0 Å². The molecular formula is C15H10F2N2O2S. The number of pyridine rings is 1. The molecule has 0 amide bonds. The van der Waals surface area contributed by atoms with Crippen LogP contribution in [0.25, 0.3) is 10.2 Å². The number of carboxylic acids is 1. The van der Waals surface area contributed by atoms with E-state index >= 15 is 0 Å². The number of carboxylic acid groups (broad SMARTS) is 1. The number of fused-ring (bicyclic) bond motifs is 1. The molecular weight excluding hydrogens is 310 g/mol. The molecule has 0 aliphatic carbocycles. The molecule has 7 heteroatoms. The first kappa shape index (κ1) is 14.4. The van der Waals surface area contributed by atoms with Crippen LogP contribution in [-0.4, -0.2) is 16.1 Å². The van der Waals surface area contributed by atoms with Crippen LogP contribution in [0.5, 0.6) is 0 Å². The van der Waals surface area contributed by atoms with E-state index in [-0.39, 0.29) is 21.6 Å². The van der Waals surface area contributed by atoms with E-state index in [1.165, 1.54) is 12.1 Å². The number of rotatable bonds is 3. The summed E-state index contributed by atoms with van der Waals surface area (Å²) in [5.74, 6) is -2.34. The van der Waals surface area contributed by atoms with E-state index in [0.717, 1.165) is 29.2 Å². The lowest BCUT2D eigenvalue weighted by molar-refractivity contribution is 0.0700. The molecule has 0 spiro atoms. The van der Waals surface area contributed by atoms with E-state index in [1.807, 2.05) is 0 Å². The molecule has 0 aliphatic rings. The highest BCUT2D eigenvalue weighted by atomic mass is 32.1. The standard InChI is InChI=1S/C15H10F2N2O2S/c1-7-2-3-11(10(17)4-7)19-14-12(15(20)21)9-5-8(16)6-18-13(9)22-14/h2-6,19H,1H3,(H,20,21). The number of nitrogens with one attached hydrogen (secondary N) is 1. The number of aromatic nitrogens is 1. The number of benzene rings is 1. The van der Waals surface area contributed by atoms with Crippen LogP contribution in [0.1, 0.15) is 15.9 Å². The molecule has 0 radical (unpaired) electrons. The van der Waals surface area contributed by atoms with Gasteiger partial charge < -0.3 is 10.4 Å². The van der Waals surface area contributed by atoms with Gasteiger partial charge >= 0.3 is 5.97 Å². The maximum atomic E-state index is 13.9. The van der Waals surface area contributed by atoms with Gasteiger partial charge in [0.1, 0.15) is 27.0 Å². The lowest BCUT2D eigenvalue weighted by Crippen LogP contribution is -2.01. The first-order valence-corrected chi connectivity index (χ1v) is 7.12. The van der Waals surface area contributed by atoms with Crippen molar-refractivity contribution in [3.8, 4) is 0 Å². The zero-order valence-corrected chi connectivity index (χ0v) is 12.2. The molecule has 3 aromatic rings. The highest BCUT2D eigenvalue weighted by molar-refractivity contribution is 7.23. The number of aryl methyl sites for hydroxylation is 1. The van der Waals surface area contributed by atoms with E-state index in [4.69, 9.17) is 0 Å². The third-order valence-electron chi connectivity index (χ3n) is 3.10. The van der Waals surface area contributed by atoms with Gasteiger partial charge in [0.25, 0.3) is 0 Å². The van der Waals surface area contributed by atoms with Crippen LogP contribution in [0.4, 0.5) is 19.5 Å². The van der Waals surface area contributed by atoms with Gasteiger partial charge in [-0.2, -0.15) is 0 Å². The summed E-state index contributed by atoms with van der Waals surface area (Å²) in [7, 11) is 0. The summed E-state index contributed by atoms with van der Waals surface area (Å²) < 4.78 is 27.2. The predicted molar refractivity (Wildman–Crippen MR) is 81.0 cm³/mol. The van der Waals surface area contributed by atoms with Crippen molar-refractivity contribution in [2.24, 2.45) is 0 Å². The Morgan fingerprint density at radius 1 is 1.32 bits per heavy atom. The van der Waals surface area contributed by atoms with E-state index in [0.29, 0.717) is 4.83 Å². The van der Waals surface area contributed by atoms with Gasteiger partial charge in [0.05, 0.1) is 11.9 Å². The maximum Gasteiger partial charge on any atom is 0.339 e. The van der Waals surface area contributed by atoms with Crippen molar-refractivity contribution >= 4 is 38.2 Å². The summed E-state index contributed by atoms with van der Waals surface area (Å²) in [5, 5.41) is 12.5. The second-order valence-corrected chi connectivity index (χ2v) is 5.72. The molecule has 112 valence electrons. The van der Waals surface area contributed by atoms with Gasteiger partial charge in [-0.3, -0.25) is 0 Å². The molecule has 3 rings (SSSR count). The van der Waals surface area contributed by atoms with Crippen LogP contribution in [0, 0.1) is 18.6 Å². The number of aromatic carboxylic acids is 1. The minimum absolute atomic E-state index is 0.119. The molecule has 4 nitrogen and oxygen atoms in total. The number of hydrogen-bond acceptors (Lipinski definition) is 4. The first-order valence-electron chi connectivity index (χ1n) is 6.30. The van der Waals surface area contributed by atoms with Crippen LogP contribution in [0.15, 0.2) is 30.5 Å². The zero-order valence-electron chi connectivity index (χ0n) is 11.4. The average Bonchev–Trinajstić information content (AvgIpc) is 2.79. The van der Waals surface area contributed by atoms with Gasteiger partial charge in [-0.05, 0) is 30.7 Å². The lowest BCUT2D eigenvalue weighted by atomic mass is 10.2. The number of halogens is 2. The number of anilines is 2. The fraction of sp³-hybridized carbons (Fsp3) is 0.0667. The molecule has 0 saturated heterocycles. The molecule has 2 N–H and O–H groups in total. The van der Waals surface area contributed by atoms with Gasteiger partial charge in [0.2, 0.25) is 0 Å². The number of carbonyl (C=O) groups is 1. The molecule has 2 heterocycles. The molecule has 0 aliphatic heterocycles. The summed E-state index contributed by atoms with van der Waals surface area (Å²) in [6.45, 7) is 1.75. The quantitative estimate of drug-likeness (QED) is 0.754. The van der Waals surface area contributed by atoms with Gasteiger partial charge in [-0.1, -0.05) is 17.4 Å². The summed E-state index contributed by atoms with van der Waals surface area (Å²) in [6, 6.07) is 5.68. The van der Waals surface area contributed by atoms with Gasteiger partial charge in [-0.15, -0.1) is 0 Å². The Morgan fingerprint density at radius 2 is 2.09 bits per heavy atom. The molecule has 0 saturated carbocycles. The molecule has 0 atom stereocenters. The van der Waals surface area contributed by atoms with E-state index in [1.54, 1.807) is 13.0 Å². The minimum Gasteiger partial charge on any atom is -0.478 e. The number of hydrogen-bond donors (Lipinski definition) is 2. The maximum absolute atomic E-state index is 13.9. The summed E-state index contributed by atoms with van der Waals surface area (Å²) in [6.07, 6.45) is 1.01. The van der Waals surface area contributed by atoms with E-state index < -0.39 is 17.6 Å². The Hall–Kier alpha value is -2.54. The van der Waals surface area contributed by atoms with Gasteiger partial charge in [-0.25, -0.2) is 18.6 Å². The van der Waals surface area contributed by atoms with Crippen LogP contribution >= 0.6 is 11.3 Å². The second-order valence-electron chi connectivity index (χ2n) is 4.73. The predicted octanol–water partition coefficient (Wildman–Crippen LogP) is 4.32. The average molecular weight is 320 g/mol. The Bertz CT molecular complexity index is 893. The second kappa shape index (κ2) is 5.34. The highest BCUT2D eigenvalue weighted by Gasteiger charge is 2.20. The fourth-order valence-corrected chi connectivity index (χ4v) is 3.13. The monoisotopic (exact) mass is 320 g/mol. The van der Waals surface area contributed by atoms with Crippen molar-refractivity contribution < 1.29 is 18.7 Å². The zero-order chi connectivity index (χ0) is 15.9. The molecule has 2 aromatic heterocycles. The van der Waals surface area contributed by atoms with Gasteiger partial charge in [0, 0.05) is 5.39 Å². The van der Waals surface area contributed by atoms with Crippen LogP contribution in [0.3, 0.4) is 0 Å². The molecule has 22 heavy (non-hydrogen) atoms. The molecule has 0 fully saturated rings. The fourth-order valence-electron chi connectivity index (χ4n) is 2.10. The summed E-state index contributed by atoms with van der Waals surface area (Å²) >= 11 is 1.03. The molecule has 0 unspecified atom stereocenters. The van der Waals surface area contributed by atoms with E-state index in [9.17, 15) is 18.7 Å². The Labute approximate surface area is 128 Å². The largest absolute Gasteiger partial charge is 0.478 e. The third kappa shape index (κ3) is 2.50. The number of nitrogens with zero attached hydrogens (tertiary/aromatic N) is 1. The SMILES string of the molecule is Cc1ccc(Nc2sc3ncc(F)cc3c2C(=O)O)c(F)c1. The highest BCUT2D eigenvalue weighted by Crippen LogP contribution is 2.37. The van der Waals surface area contributed by atoms with E-state index in [2.05, 4.69) is 10.3 Å². The molecule has 1 aromatic carbocycles. The van der Waals surface area contributed by atoms with Crippen LogP contribution < -0.4 is 5.32 Å². The normalized spacial score (nSPS) is 10.9. The Kier molecular flexibility index (Phi) is 3.50. The number of thiophene rings is 1. The topological polar surface area (TPSA) is 62.2 Å². The smallest absolute Gasteiger partial charge is 0.339 e. The van der Waals surface area contributed by atoms with Gasteiger partial charge in [0.15, 0.2) is 0 Å². The first-order chi connectivity index (χ1) is 10.5. The van der Waals surface area contributed by atoms with Crippen molar-refractivity contribution in [1.82, 2.24) is 4.98 Å². The van der Waals surface area contributed by atoms with Crippen molar-refractivity contribution in [2.75, 3.05) is 5.32 Å². The van der Waals surface area contributed by atoms with Crippen molar-refractivity contribution in [2.45, 2.75) is 6.92 Å². The van der Waals surface area contributed by atoms with Crippen LogP contribution in [0.2, 0.25) is 0 Å². The molecule has 0 bridgehead atoms. The van der Waals surface area contributed by atoms with Crippen molar-refractivity contribution in [3.63, 3.8) is 0 Å². The Balaban J connectivity index is 2.14. The minimum atomic E-state index is -1.23. The summed E-state index contributed by atoms with van der Waals surface area (Å²) in [5.41, 5.74) is 0.786.